The van der Waals surface area contributed by atoms with Crippen LogP contribution in [0.3, 0.4) is 0 Å². The molecule has 42 heavy (non-hydrogen) atoms. The van der Waals surface area contributed by atoms with E-state index < -0.39 is 22.5 Å². The highest BCUT2D eigenvalue weighted by Gasteiger charge is 2.61. The molecule has 1 N–H and O–H groups in total. The maximum absolute atomic E-state index is 14.7. The van der Waals surface area contributed by atoms with E-state index >= 15 is 0 Å². The van der Waals surface area contributed by atoms with Gasteiger partial charge in [-0.2, -0.15) is 0 Å². The van der Waals surface area contributed by atoms with Gasteiger partial charge in [-0.3, -0.25) is 19.2 Å². The number of Topliss-reactive ketones (excluding diaryl/α,β-unsaturated/α-hetero) is 2. The summed E-state index contributed by atoms with van der Waals surface area (Å²) >= 11 is 0. The normalized spacial score (nSPS) is 17.0. The van der Waals surface area contributed by atoms with E-state index in [2.05, 4.69) is 4.98 Å². The second-order valence-corrected chi connectivity index (χ2v) is 10.0. The number of hydrogen-bond acceptors (Lipinski definition) is 10. The Kier molecular flexibility index (Phi) is 6.14. The molecule has 1 aromatic heterocycles. The summed E-state index contributed by atoms with van der Waals surface area (Å²) in [4.78, 5) is 56.5. The molecule has 11 heteroatoms. The number of fused-ring (bicyclic) bond motifs is 5. The van der Waals surface area contributed by atoms with E-state index in [1.165, 1.54) is 48.7 Å². The van der Waals surface area contributed by atoms with Gasteiger partial charge in [-0.05, 0) is 29.9 Å². The molecule has 3 aromatic carbocycles. The van der Waals surface area contributed by atoms with E-state index in [0.29, 0.717) is 51.5 Å². The predicted octanol–water partition coefficient (Wildman–Crippen LogP) is 3.81. The number of ketones is 2. The Morgan fingerprint density at radius 3 is 1.83 bits per heavy atom. The van der Waals surface area contributed by atoms with Crippen LogP contribution in [0, 0.1) is 0 Å². The molecular weight excluding hydrogens is 546 g/mol. The average Bonchev–Trinajstić information content (AvgIpc) is 3.49. The van der Waals surface area contributed by atoms with E-state index in [1.807, 2.05) is 0 Å². The summed E-state index contributed by atoms with van der Waals surface area (Å²) in [6.07, 6.45) is 1.02. The van der Waals surface area contributed by atoms with Gasteiger partial charge in [0.1, 0.15) is 28.4 Å². The molecule has 0 amide bonds. The summed E-state index contributed by atoms with van der Waals surface area (Å²) in [5, 5.41) is 1.31. The molecule has 6 rings (SSSR count). The number of aldehydes is 1. The van der Waals surface area contributed by atoms with Crippen molar-refractivity contribution in [3.8, 4) is 34.5 Å². The van der Waals surface area contributed by atoms with Gasteiger partial charge in [0.15, 0.2) is 29.4 Å². The van der Waals surface area contributed by atoms with Crippen molar-refractivity contribution in [3.05, 3.63) is 56.5 Å². The van der Waals surface area contributed by atoms with Crippen LogP contribution in [0.4, 0.5) is 0 Å². The van der Waals surface area contributed by atoms with Gasteiger partial charge in [-0.15, -0.1) is 0 Å². The third-order valence-corrected chi connectivity index (χ3v) is 8.37. The van der Waals surface area contributed by atoms with Gasteiger partial charge in [0.25, 0.3) is 5.56 Å². The zero-order chi connectivity index (χ0) is 30.1. The molecule has 0 saturated carbocycles. The number of rotatable bonds is 7. The number of aromatic amines is 1. The SMILES string of the molecule is COc1cc(OC)c2c(OC)c3c(c(OC)c2c1OC)C(=O)[C@]1(CCc2cc4cc(C=O)[nH]c(=O)c4c(OC)c21)C3=O. The Balaban J connectivity index is 1.76. The van der Waals surface area contributed by atoms with Crippen molar-refractivity contribution in [3.63, 3.8) is 0 Å². The van der Waals surface area contributed by atoms with Crippen molar-refractivity contribution in [2.75, 3.05) is 42.7 Å². The first-order valence-corrected chi connectivity index (χ1v) is 13.0. The lowest BCUT2D eigenvalue weighted by atomic mass is 9.76. The van der Waals surface area contributed by atoms with Crippen molar-refractivity contribution in [2.24, 2.45) is 0 Å². The Morgan fingerprint density at radius 1 is 0.690 bits per heavy atom. The zero-order valence-electron chi connectivity index (χ0n) is 23.8. The summed E-state index contributed by atoms with van der Waals surface area (Å²) < 4.78 is 34.4. The minimum Gasteiger partial charge on any atom is -0.496 e. The molecule has 1 spiro atoms. The van der Waals surface area contributed by atoms with Gasteiger partial charge in [-0.1, -0.05) is 6.07 Å². The lowest BCUT2D eigenvalue weighted by Gasteiger charge is -2.24. The Labute approximate surface area is 239 Å². The van der Waals surface area contributed by atoms with E-state index in [9.17, 15) is 19.2 Å². The predicted molar refractivity (Wildman–Crippen MR) is 152 cm³/mol. The van der Waals surface area contributed by atoms with Gasteiger partial charge < -0.3 is 33.4 Å². The molecule has 0 saturated heterocycles. The van der Waals surface area contributed by atoms with Crippen molar-refractivity contribution in [1.29, 1.82) is 0 Å². The van der Waals surface area contributed by atoms with E-state index in [0.717, 1.165) is 0 Å². The number of aromatic nitrogens is 1. The van der Waals surface area contributed by atoms with Crippen molar-refractivity contribution < 1.29 is 42.8 Å². The minimum absolute atomic E-state index is 0.0284. The molecule has 0 bridgehead atoms. The van der Waals surface area contributed by atoms with Crippen molar-refractivity contribution >= 4 is 39.4 Å². The number of ether oxygens (including phenoxy) is 6. The summed E-state index contributed by atoms with van der Waals surface area (Å²) in [5.74, 6) is 0.209. The van der Waals surface area contributed by atoms with Crippen LogP contribution >= 0.6 is 0 Å². The Morgan fingerprint density at radius 2 is 1.29 bits per heavy atom. The van der Waals surface area contributed by atoms with E-state index in [-0.39, 0.29) is 51.6 Å². The van der Waals surface area contributed by atoms with Crippen LogP contribution in [-0.2, 0) is 11.8 Å². The number of carbonyl (C=O) groups excluding carboxylic acids is 3. The summed E-state index contributed by atoms with van der Waals surface area (Å²) in [5.41, 5.74) is -1.14. The molecule has 0 radical (unpaired) electrons. The standard InChI is InChI=1S/C31H27NO10/c1-37-16-11-17(38-2)24(39-3)20-19(16)25(40-4)21-22(26(20)41-5)29(35)31(28(21)34)8-7-13-9-14-10-15(12-33)32-30(36)18(14)27(42-6)23(13)31/h9-12H,7-8H2,1-6H3,(H,32,36)/t31-/m0/s1. The van der Waals surface area contributed by atoms with Gasteiger partial charge in [-0.25, -0.2) is 0 Å². The molecule has 0 fully saturated rings. The first-order valence-electron chi connectivity index (χ1n) is 13.0. The van der Waals surface area contributed by atoms with Gasteiger partial charge in [0.2, 0.25) is 0 Å². The summed E-state index contributed by atoms with van der Waals surface area (Å²) in [6.45, 7) is 0. The summed E-state index contributed by atoms with van der Waals surface area (Å²) in [7, 11) is 8.56. The van der Waals surface area contributed by atoms with Crippen LogP contribution in [0.2, 0.25) is 0 Å². The molecule has 0 aliphatic heterocycles. The van der Waals surface area contributed by atoms with Crippen LogP contribution in [-0.4, -0.2) is 65.5 Å². The van der Waals surface area contributed by atoms with Gasteiger partial charge in [0.05, 0.1) is 75.6 Å². The Hall–Kier alpha value is -5.06. The molecule has 216 valence electrons. The smallest absolute Gasteiger partial charge is 0.260 e. The first kappa shape index (κ1) is 27.1. The summed E-state index contributed by atoms with van der Waals surface area (Å²) in [6, 6.07) is 4.87. The van der Waals surface area contributed by atoms with E-state index in [4.69, 9.17) is 28.4 Å². The lowest BCUT2D eigenvalue weighted by molar-refractivity contribution is 0.0790. The highest BCUT2D eigenvalue weighted by Crippen LogP contribution is 2.60. The quantitative estimate of drug-likeness (QED) is 0.256. The highest BCUT2D eigenvalue weighted by atomic mass is 16.5. The van der Waals surface area contributed by atoms with E-state index in [1.54, 1.807) is 12.1 Å². The van der Waals surface area contributed by atoms with Gasteiger partial charge >= 0.3 is 0 Å². The van der Waals surface area contributed by atoms with Crippen LogP contribution in [0.25, 0.3) is 21.5 Å². The molecule has 4 aromatic rings. The fourth-order valence-corrected chi connectivity index (χ4v) is 6.74. The molecule has 0 unspecified atom stereocenters. The van der Waals surface area contributed by atoms with Gasteiger partial charge in [0, 0.05) is 11.6 Å². The maximum Gasteiger partial charge on any atom is 0.260 e. The largest absolute Gasteiger partial charge is 0.496 e. The van der Waals surface area contributed by atoms with Crippen molar-refractivity contribution in [2.45, 2.75) is 18.3 Å². The monoisotopic (exact) mass is 573 g/mol. The molecule has 2 aliphatic rings. The number of H-pyrrole nitrogens is 1. The molecule has 1 heterocycles. The highest BCUT2D eigenvalue weighted by molar-refractivity contribution is 6.38. The second kappa shape index (κ2) is 9.51. The molecular formula is C31H27NO10. The molecule has 2 aliphatic carbocycles. The van der Waals surface area contributed by atoms with Crippen LogP contribution in [0.5, 0.6) is 34.5 Å². The maximum atomic E-state index is 14.7. The lowest BCUT2D eigenvalue weighted by Crippen LogP contribution is -2.36. The fourth-order valence-electron chi connectivity index (χ4n) is 6.74. The number of hydrogen-bond donors (Lipinski definition) is 1. The van der Waals surface area contributed by atoms with Crippen molar-refractivity contribution in [1.82, 2.24) is 4.98 Å². The van der Waals surface area contributed by atoms with Crippen LogP contribution < -0.4 is 34.0 Å². The fraction of sp³-hybridized carbons (Fsp3) is 0.290. The third-order valence-electron chi connectivity index (χ3n) is 8.37. The number of benzene rings is 3. The zero-order valence-corrected chi connectivity index (χ0v) is 23.8. The topological polar surface area (TPSA) is 139 Å². The second-order valence-electron chi connectivity index (χ2n) is 10.0. The number of methoxy groups -OCH3 is 6. The number of aryl methyl sites for hydroxylation is 1. The third kappa shape index (κ3) is 3.16. The minimum atomic E-state index is -1.71. The van der Waals surface area contributed by atoms with Crippen LogP contribution in [0.1, 0.15) is 48.8 Å². The first-order chi connectivity index (χ1) is 20.3. The molecule has 1 atom stereocenters. The average molecular weight is 574 g/mol. The molecule has 11 nitrogen and oxygen atoms in total. The Bertz CT molecular complexity index is 1940. The van der Waals surface area contributed by atoms with Crippen LogP contribution in [0.15, 0.2) is 23.0 Å². The number of pyridine rings is 1. The number of nitrogens with one attached hydrogen (secondary N) is 1. The number of carbonyl (C=O) groups is 3.